The molecule has 2 aliphatic rings. The highest BCUT2D eigenvalue weighted by Gasteiger charge is 2.46. The van der Waals surface area contributed by atoms with Gasteiger partial charge in [-0.05, 0) is 37.0 Å². The van der Waals surface area contributed by atoms with E-state index in [9.17, 15) is 4.39 Å². The first-order valence-electron chi connectivity index (χ1n) is 7.88. The Labute approximate surface area is 131 Å². The molecule has 4 nitrogen and oxygen atoms in total. The van der Waals surface area contributed by atoms with Crippen molar-refractivity contribution < 1.29 is 18.6 Å². The zero-order chi connectivity index (χ0) is 15.6. The SMILES string of the molecule is COc1cc(CN2CC[C@@]3(CCCO3)[C@@H](OC)C2)ccc1F. The van der Waals surface area contributed by atoms with Crippen LogP contribution in [0.1, 0.15) is 24.8 Å². The minimum absolute atomic E-state index is 0.0915. The van der Waals surface area contributed by atoms with Gasteiger partial charge in [0, 0.05) is 33.4 Å². The van der Waals surface area contributed by atoms with Gasteiger partial charge in [-0.3, -0.25) is 4.90 Å². The summed E-state index contributed by atoms with van der Waals surface area (Å²) in [7, 11) is 3.25. The van der Waals surface area contributed by atoms with Crippen LogP contribution in [-0.4, -0.2) is 50.5 Å². The smallest absolute Gasteiger partial charge is 0.165 e. The second-order valence-electron chi connectivity index (χ2n) is 6.20. The number of benzene rings is 1. The third kappa shape index (κ3) is 2.98. The van der Waals surface area contributed by atoms with Crippen LogP contribution >= 0.6 is 0 Å². The molecule has 22 heavy (non-hydrogen) atoms. The standard InChI is InChI=1S/C17H24FNO3/c1-20-15-10-13(4-5-14(15)18)11-19-8-7-17(6-3-9-22-17)16(12-19)21-2/h4-5,10,16H,3,6-9,11-12H2,1-2H3/t16-,17-/m0/s1. The number of nitrogens with zero attached hydrogens (tertiary/aromatic N) is 1. The Balaban J connectivity index is 1.67. The highest BCUT2D eigenvalue weighted by Crippen LogP contribution is 2.37. The van der Waals surface area contributed by atoms with Crippen molar-refractivity contribution in [2.75, 3.05) is 33.9 Å². The molecule has 122 valence electrons. The third-order valence-electron chi connectivity index (χ3n) is 4.90. The topological polar surface area (TPSA) is 30.9 Å². The van der Waals surface area contributed by atoms with E-state index in [1.807, 2.05) is 6.07 Å². The van der Waals surface area contributed by atoms with Gasteiger partial charge in [-0.2, -0.15) is 0 Å². The molecule has 0 amide bonds. The van der Waals surface area contributed by atoms with Crippen molar-refractivity contribution in [3.63, 3.8) is 0 Å². The molecule has 1 spiro atoms. The molecule has 0 N–H and O–H groups in total. The summed E-state index contributed by atoms with van der Waals surface area (Å²) < 4.78 is 30.3. The maximum Gasteiger partial charge on any atom is 0.165 e. The van der Waals surface area contributed by atoms with E-state index in [-0.39, 0.29) is 17.5 Å². The number of hydrogen-bond donors (Lipinski definition) is 0. The lowest BCUT2D eigenvalue weighted by Gasteiger charge is -2.44. The van der Waals surface area contributed by atoms with Gasteiger partial charge in [0.1, 0.15) is 0 Å². The van der Waals surface area contributed by atoms with E-state index in [1.54, 1.807) is 13.2 Å². The van der Waals surface area contributed by atoms with Crippen molar-refractivity contribution >= 4 is 0 Å². The molecule has 0 aromatic heterocycles. The molecule has 0 saturated carbocycles. The predicted octanol–water partition coefficient (Wildman–Crippen LogP) is 2.60. The van der Waals surface area contributed by atoms with Crippen LogP contribution in [0.4, 0.5) is 4.39 Å². The van der Waals surface area contributed by atoms with Crippen LogP contribution in [0.2, 0.25) is 0 Å². The van der Waals surface area contributed by atoms with Crippen LogP contribution in [0.15, 0.2) is 18.2 Å². The second kappa shape index (κ2) is 6.52. The lowest BCUT2D eigenvalue weighted by atomic mass is 9.85. The van der Waals surface area contributed by atoms with Gasteiger partial charge in [-0.1, -0.05) is 6.07 Å². The minimum atomic E-state index is -0.321. The summed E-state index contributed by atoms with van der Waals surface area (Å²) in [4.78, 5) is 2.34. The molecule has 5 heteroatoms. The van der Waals surface area contributed by atoms with E-state index in [2.05, 4.69) is 4.90 Å². The van der Waals surface area contributed by atoms with E-state index in [0.717, 1.165) is 51.1 Å². The van der Waals surface area contributed by atoms with Crippen LogP contribution in [0.3, 0.4) is 0 Å². The molecule has 0 unspecified atom stereocenters. The van der Waals surface area contributed by atoms with Crippen molar-refractivity contribution in [1.29, 1.82) is 0 Å². The minimum Gasteiger partial charge on any atom is -0.494 e. The summed E-state index contributed by atoms with van der Waals surface area (Å²) in [6, 6.07) is 5.05. The van der Waals surface area contributed by atoms with Crippen LogP contribution in [0, 0.1) is 5.82 Å². The molecule has 0 radical (unpaired) electrons. The summed E-state index contributed by atoms with van der Waals surface area (Å²) >= 11 is 0. The number of hydrogen-bond acceptors (Lipinski definition) is 4. The number of piperidine rings is 1. The first-order chi connectivity index (χ1) is 10.7. The first kappa shape index (κ1) is 15.7. The lowest BCUT2D eigenvalue weighted by molar-refractivity contribution is -0.143. The molecule has 2 fully saturated rings. The van der Waals surface area contributed by atoms with Gasteiger partial charge in [0.2, 0.25) is 0 Å². The van der Waals surface area contributed by atoms with Crippen LogP contribution < -0.4 is 4.74 Å². The van der Waals surface area contributed by atoms with Crippen LogP contribution in [0.25, 0.3) is 0 Å². The number of ether oxygens (including phenoxy) is 3. The molecule has 2 aliphatic heterocycles. The summed E-state index contributed by atoms with van der Waals surface area (Å²) in [5.74, 6) is -0.0219. The molecule has 1 aromatic carbocycles. The van der Waals surface area contributed by atoms with E-state index in [4.69, 9.17) is 14.2 Å². The highest BCUT2D eigenvalue weighted by atomic mass is 19.1. The lowest BCUT2D eigenvalue weighted by Crippen LogP contribution is -2.55. The largest absolute Gasteiger partial charge is 0.494 e. The normalized spacial score (nSPS) is 29.1. The van der Waals surface area contributed by atoms with Gasteiger partial charge >= 0.3 is 0 Å². The van der Waals surface area contributed by atoms with Crippen LogP contribution in [0.5, 0.6) is 5.75 Å². The number of methoxy groups -OCH3 is 2. The zero-order valence-electron chi connectivity index (χ0n) is 13.3. The highest BCUT2D eigenvalue weighted by molar-refractivity contribution is 5.30. The predicted molar refractivity (Wildman–Crippen MR) is 81.6 cm³/mol. The van der Waals surface area contributed by atoms with E-state index in [0.29, 0.717) is 5.75 Å². The fourth-order valence-corrected chi connectivity index (χ4v) is 3.66. The van der Waals surface area contributed by atoms with Crippen molar-refractivity contribution in [3.05, 3.63) is 29.6 Å². The maximum absolute atomic E-state index is 13.5. The van der Waals surface area contributed by atoms with Gasteiger partial charge in [0.15, 0.2) is 11.6 Å². The monoisotopic (exact) mass is 309 g/mol. The van der Waals surface area contributed by atoms with E-state index < -0.39 is 0 Å². The van der Waals surface area contributed by atoms with E-state index in [1.165, 1.54) is 13.2 Å². The molecular weight excluding hydrogens is 285 g/mol. The summed E-state index contributed by atoms with van der Waals surface area (Å²) in [5, 5.41) is 0. The Morgan fingerprint density at radius 1 is 1.36 bits per heavy atom. The summed E-state index contributed by atoms with van der Waals surface area (Å²) in [5.41, 5.74) is 0.961. The van der Waals surface area contributed by atoms with Gasteiger partial charge in [0.05, 0.1) is 18.8 Å². The maximum atomic E-state index is 13.5. The molecule has 1 aromatic rings. The Hall–Kier alpha value is -1.17. The van der Waals surface area contributed by atoms with Crippen molar-refractivity contribution in [2.24, 2.45) is 0 Å². The molecule has 3 rings (SSSR count). The third-order valence-corrected chi connectivity index (χ3v) is 4.90. The average Bonchev–Trinajstić information content (AvgIpc) is 3.00. The number of rotatable bonds is 4. The Morgan fingerprint density at radius 3 is 2.91 bits per heavy atom. The Morgan fingerprint density at radius 2 is 2.23 bits per heavy atom. The Kier molecular flexibility index (Phi) is 4.66. The summed E-state index contributed by atoms with van der Waals surface area (Å²) in [6.45, 7) is 3.43. The van der Waals surface area contributed by atoms with Gasteiger partial charge < -0.3 is 14.2 Å². The molecule has 2 heterocycles. The quantitative estimate of drug-likeness (QED) is 0.855. The Bertz CT molecular complexity index is 517. The molecular formula is C17H24FNO3. The van der Waals surface area contributed by atoms with Crippen molar-refractivity contribution in [2.45, 2.75) is 37.5 Å². The fourth-order valence-electron chi connectivity index (χ4n) is 3.66. The second-order valence-corrected chi connectivity index (χ2v) is 6.20. The van der Waals surface area contributed by atoms with Gasteiger partial charge in [0.25, 0.3) is 0 Å². The summed E-state index contributed by atoms with van der Waals surface area (Å²) in [6.07, 6.45) is 3.30. The van der Waals surface area contributed by atoms with Gasteiger partial charge in [-0.25, -0.2) is 4.39 Å². The molecule has 0 aliphatic carbocycles. The zero-order valence-corrected chi connectivity index (χ0v) is 13.3. The molecule has 0 bridgehead atoms. The first-order valence-corrected chi connectivity index (χ1v) is 7.88. The van der Waals surface area contributed by atoms with Crippen molar-refractivity contribution in [1.82, 2.24) is 4.90 Å². The number of halogens is 1. The molecule has 2 saturated heterocycles. The number of likely N-dealkylation sites (tertiary alicyclic amines) is 1. The van der Waals surface area contributed by atoms with Gasteiger partial charge in [-0.15, -0.1) is 0 Å². The van der Waals surface area contributed by atoms with Crippen molar-refractivity contribution in [3.8, 4) is 5.75 Å². The van der Waals surface area contributed by atoms with E-state index >= 15 is 0 Å². The fraction of sp³-hybridized carbons (Fsp3) is 0.647. The molecule has 2 atom stereocenters. The van der Waals surface area contributed by atoms with Crippen LogP contribution in [-0.2, 0) is 16.0 Å². The average molecular weight is 309 g/mol.